The van der Waals surface area contributed by atoms with Crippen LogP contribution >= 0.6 is 0 Å². The third-order valence-corrected chi connectivity index (χ3v) is 2.44. The highest BCUT2D eigenvalue weighted by molar-refractivity contribution is 5.90. The lowest BCUT2D eigenvalue weighted by Crippen LogP contribution is -2.22. The van der Waals surface area contributed by atoms with Crippen molar-refractivity contribution in [3.63, 3.8) is 0 Å². The Morgan fingerprint density at radius 3 is 2.53 bits per heavy atom. The minimum absolute atomic E-state index is 0.0481. The molecule has 5 nitrogen and oxygen atoms in total. The van der Waals surface area contributed by atoms with Crippen molar-refractivity contribution in [3.05, 3.63) is 23.8 Å². The van der Waals surface area contributed by atoms with E-state index in [1.165, 1.54) is 13.8 Å². The van der Waals surface area contributed by atoms with Crippen molar-refractivity contribution in [3.8, 4) is 5.75 Å². The maximum atomic E-state index is 11.2. The molecule has 0 aliphatic rings. The van der Waals surface area contributed by atoms with Gasteiger partial charge in [0.1, 0.15) is 5.75 Å². The van der Waals surface area contributed by atoms with Gasteiger partial charge in [0.25, 0.3) is 0 Å². The lowest BCUT2D eigenvalue weighted by atomic mass is 10.1. The monoisotopic (exact) mass is 264 g/mol. The lowest BCUT2D eigenvalue weighted by molar-refractivity contribution is -0.119. The molecular weight excluding hydrogens is 244 g/mol. The van der Waals surface area contributed by atoms with Crippen molar-refractivity contribution in [1.29, 1.82) is 0 Å². The Morgan fingerprint density at radius 2 is 1.95 bits per heavy atom. The van der Waals surface area contributed by atoms with Crippen LogP contribution in [0.1, 0.15) is 26.3 Å². The van der Waals surface area contributed by atoms with Gasteiger partial charge < -0.3 is 15.4 Å². The topological polar surface area (TPSA) is 67.4 Å². The molecule has 1 aromatic rings. The molecule has 0 fully saturated rings. The number of amides is 2. The number of hydrogen-bond donors (Lipinski definition) is 2. The van der Waals surface area contributed by atoms with E-state index in [9.17, 15) is 9.59 Å². The van der Waals surface area contributed by atoms with Crippen molar-refractivity contribution in [2.24, 2.45) is 0 Å². The second-order valence-corrected chi connectivity index (χ2v) is 4.18. The number of nitrogens with one attached hydrogen (secondary N) is 2. The second-order valence-electron chi connectivity index (χ2n) is 4.18. The molecule has 2 amide bonds. The molecule has 0 radical (unpaired) electrons. The molecule has 0 aromatic heterocycles. The van der Waals surface area contributed by atoms with Crippen molar-refractivity contribution >= 4 is 17.5 Å². The van der Waals surface area contributed by atoms with E-state index in [1.807, 2.05) is 25.1 Å². The summed E-state index contributed by atoms with van der Waals surface area (Å²) >= 11 is 0. The fourth-order valence-electron chi connectivity index (χ4n) is 1.68. The van der Waals surface area contributed by atoms with E-state index in [2.05, 4.69) is 10.6 Å². The molecule has 1 rings (SSSR count). The van der Waals surface area contributed by atoms with Gasteiger partial charge in [-0.2, -0.15) is 0 Å². The Labute approximate surface area is 113 Å². The van der Waals surface area contributed by atoms with E-state index in [0.717, 1.165) is 5.56 Å². The molecule has 0 atom stereocenters. The first-order chi connectivity index (χ1) is 9.02. The van der Waals surface area contributed by atoms with Crippen LogP contribution in [0, 0.1) is 0 Å². The van der Waals surface area contributed by atoms with Crippen molar-refractivity contribution in [2.45, 2.75) is 27.2 Å². The summed E-state index contributed by atoms with van der Waals surface area (Å²) in [7, 11) is 0. The predicted molar refractivity (Wildman–Crippen MR) is 74.3 cm³/mol. The fourth-order valence-corrected chi connectivity index (χ4v) is 1.68. The molecule has 0 heterocycles. The molecule has 0 aliphatic heterocycles. The van der Waals surface area contributed by atoms with Gasteiger partial charge >= 0.3 is 0 Å². The van der Waals surface area contributed by atoms with Crippen LogP contribution in [-0.4, -0.2) is 25.0 Å². The zero-order chi connectivity index (χ0) is 14.3. The molecule has 2 N–H and O–H groups in total. The summed E-state index contributed by atoms with van der Waals surface area (Å²) in [6.07, 6.45) is 0.707. The van der Waals surface area contributed by atoms with Crippen molar-refractivity contribution in [2.75, 3.05) is 18.5 Å². The summed E-state index contributed by atoms with van der Waals surface area (Å²) in [4.78, 5) is 22.0. The van der Waals surface area contributed by atoms with E-state index in [0.29, 0.717) is 31.0 Å². The van der Waals surface area contributed by atoms with E-state index in [4.69, 9.17) is 4.74 Å². The van der Waals surface area contributed by atoms with E-state index in [1.54, 1.807) is 0 Å². The average molecular weight is 264 g/mol. The first kappa shape index (κ1) is 15.0. The summed E-state index contributed by atoms with van der Waals surface area (Å²) in [5, 5.41) is 5.48. The Morgan fingerprint density at radius 1 is 1.21 bits per heavy atom. The van der Waals surface area contributed by atoms with Gasteiger partial charge in [0.2, 0.25) is 11.8 Å². The predicted octanol–water partition coefficient (Wildman–Crippen LogP) is 1.72. The average Bonchev–Trinajstić information content (AvgIpc) is 2.31. The van der Waals surface area contributed by atoms with Gasteiger partial charge in [-0.15, -0.1) is 0 Å². The van der Waals surface area contributed by atoms with Gasteiger partial charge in [-0.25, -0.2) is 0 Å². The highest BCUT2D eigenvalue weighted by Gasteiger charge is 2.06. The number of hydrogen-bond acceptors (Lipinski definition) is 3. The number of anilines is 1. The van der Waals surface area contributed by atoms with Gasteiger partial charge in [0, 0.05) is 20.4 Å². The molecule has 0 saturated heterocycles. The zero-order valence-corrected chi connectivity index (χ0v) is 11.6. The van der Waals surface area contributed by atoms with Crippen LogP contribution in [0.15, 0.2) is 18.2 Å². The molecule has 0 unspecified atom stereocenters. The minimum atomic E-state index is -0.139. The summed E-state index contributed by atoms with van der Waals surface area (Å²) in [6, 6.07) is 5.63. The van der Waals surface area contributed by atoms with E-state index in [-0.39, 0.29) is 11.8 Å². The van der Waals surface area contributed by atoms with Gasteiger partial charge in [0.05, 0.1) is 12.3 Å². The maximum absolute atomic E-state index is 11.2. The van der Waals surface area contributed by atoms with Crippen LogP contribution < -0.4 is 15.4 Å². The SMILES string of the molecule is CCOc1ccc(CCNC(C)=O)cc1NC(C)=O. The first-order valence-electron chi connectivity index (χ1n) is 6.30. The van der Waals surface area contributed by atoms with Crippen LogP contribution in [0.4, 0.5) is 5.69 Å². The van der Waals surface area contributed by atoms with Gasteiger partial charge in [0.15, 0.2) is 0 Å². The van der Waals surface area contributed by atoms with Gasteiger partial charge in [-0.05, 0) is 31.0 Å². The minimum Gasteiger partial charge on any atom is -0.492 e. The zero-order valence-electron chi connectivity index (χ0n) is 11.6. The standard InChI is InChI=1S/C14H20N2O3/c1-4-19-14-6-5-12(7-8-15-10(2)17)9-13(14)16-11(3)18/h5-6,9H,4,7-8H2,1-3H3,(H,15,17)(H,16,18). The number of ether oxygens (including phenoxy) is 1. The smallest absolute Gasteiger partial charge is 0.221 e. The lowest BCUT2D eigenvalue weighted by Gasteiger charge is -2.12. The molecule has 5 heteroatoms. The Hall–Kier alpha value is -2.04. The molecule has 0 bridgehead atoms. The summed E-state index contributed by atoms with van der Waals surface area (Å²) in [5.41, 5.74) is 1.69. The molecule has 19 heavy (non-hydrogen) atoms. The largest absolute Gasteiger partial charge is 0.492 e. The Balaban J connectivity index is 2.78. The van der Waals surface area contributed by atoms with Crippen LogP contribution in [0.2, 0.25) is 0 Å². The number of benzene rings is 1. The summed E-state index contributed by atoms with van der Waals surface area (Å²) in [6.45, 7) is 5.95. The van der Waals surface area contributed by atoms with Gasteiger partial charge in [-0.1, -0.05) is 6.07 Å². The third-order valence-electron chi connectivity index (χ3n) is 2.44. The van der Waals surface area contributed by atoms with E-state index < -0.39 is 0 Å². The number of carbonyl (C=O) groups is 2. The first-order valence-corrected chi connectivity index (χ1v) is 6.30. The quantitative estimate of drug-likeness (QED) is 0.822. The Bertz CT molecular complexity index is 458. The highest BCUT2D eigenvalue weighted by Crippen LogP contribution is 2.26. The molecule has 0 saturated carbocycles. The molecule has 1 aromatic carbocycles. The molecule has 104 valence electrons. The second kappa shape index (κ2) is 7.41. The molecular formula is C14H20N2O3. The molecule has 0 spiro atoms. The van der Waals surface area contributed by atoms with Crippen molar-refractivity contribution in [1.82, 2.24) is 5.32 Å². The highest BCUT2D eigenvalue weighted by atomic mass is 16.5. The third kappa shape index (κ3) is 5.42. The summed E-state index contributed by atoms with van der Waals surface area (Å²) < 4.78 is 5.45. The van der Waals surface area contributed by atoms with Crippen LogP contribution in [0.5, 0.6) is 5.75 Å². The van der Waals surface area contributed by atoms with Gasteiger partial charge in [-0.3, -0.25) is 9.59 Å². The molecule has 0 aliphatic carbocycles. The van der Waals surface area contributed by atoms with Crippen molar-refractivity contribution < 1.29 is 14.3 Å². The van der Waals surface area contributed by atoms with Crippen LogP contribution in [-0.2, 0) is 16.0 Å². The van der Waals surface area contributed by atoms with Crippen LogP contribution in [0.3, 0.4) is 0 Å². The number of carbonyl (C=O) groups excluding carboxylic acids is 2. The normalized spacial score (nSPS) is 9.84. The maximum Gasteiger partial charge on any atom is 0.221 e. The van der Waals surface area contributed by atoms with Crippen LogP contribution in [0.25, 0.3) is 0 Å². The fraction of sp³-hybridized carbons (Fsp3) is 0.429. The van der Waals surface area contributed by atoms with E-state index >= 15 is 0 Å². The summed E-state index contributed by atoms with van der Waals surface area (Å²) in [5.74, 6) is 0.467. The number of rotatable bonds is 6. The Kier molecular flexibility index (Phi) is 5.85.